The van der Waals surface area contributed by atoms with Gasteiger partial charge < -0.3 is 9.30 Å². The number of ether oxygens (including phenoxy) is 1. The van der Waals surface area contributed by atoms with Gasteiger partial charge in [0.15, 0.2) is 0 Å². The van der Waals surface area contributed by atoms with Gasteiger partial charge in [0.2, 0.25) is 0 Å². The minimum Gasteiger partial charge on any atom is -0.376 e. The van der Waals surface area contributed by atoms with E-state index in [9.17, 15) is 4.39 Å². The first-order valence-corrected chi connectivity index (χ1v) is 7.56. The average molecular weight is 317 g/mol. The monoisotopic (exact) mass is 316 g/mol. The van der Waals surface area contributed by atoms with Gasteiger partial charge in [-0.1, -0.05) is 11.6 Å². The number of imidazole rings is 1. The molecule has 0 N–H and O–H groups in total. The molecule has 1 aromatic carbocycles. The molecule has 1 aliphatic heterocycles. The molecule has 108 valence electrons. The summed E-state index contributed by atoms with van der Waals surface area (Å²) in [5, 5.41) is 0.0966. The van der Waals surface area contributed by atoms with E-state index in [4.69, 9.17) is 27.9 Å². The molecule has 0 bridgehead atoms. The lowest BCUT2D eigenvalue weighted by Crippen LogP contribution is -2.22. The number of halogens is 3. The maximum absolute atomic E-state index is 13.6. The third-order valence-electron chi connectivity index (χ3n) is 3.83. The minimum absolute atomic E-state index is 0.0952. The maximum Gasteiger partial charge on any atom is 0.144 e. The lowest BCUT2D eigenvalue weighted by molar-refractivity contribution is 0.0738. The summed E-state index contributed by atoms with van der Waals surface area (Å²) >= 11 is 11.9. The number of alkyl halides is 1. The van der Waals surface area contributed by atoms with Crippen LogP contribution in [0.15, 0.2) is 12.1 Å². The smallest absolute Gasteiger partial charge is 0.144 e. The van der Waals surface area contributed by atoms with Crippen LogP contribution in [0.25, 0.3) is 11.0 Å². The highest BCUT2D eigenvalue weighted by Crippen LogP contribution is 2.31. The Labute approximate surface area is 126 Å². The highest BCUT2D eigenvalue weighted by molar-refractivity contribution is 6.31. The van der Waals surface area contributed by atoms with Crippen LogP contribution in [0.1, 0.15) is 31.6 Å². The number of benzene rings is 1. The predicted molar refractivity (Wildman–Crippen MR) is 77.9 cm³/mol. The molecule has 1 saturated heterocycles. The predicted octanol–water partition coefficient (Wildman–Crippen LogP) is 4.31. The van der Waals surface area contributed by atoms with Crippen molar-refractivity contribution in [2.75, 3.05) is 6.61 Å². The van der Waals surface area contributed by atoms with Crippen LogP contribution in [0, 0.1) is 5.82 Å². The van der Waals surface area contributed by atoms with E-state index in [1.54, 1.807) is 6.07 Å². The van der Waals surface area contributed by atoms with Gasteiger partial charge in [-0.05, 0) is 25.8 Å². The van der Waals surface area contributed by atoms with Crippen molar-refractivity contribution >= 4 is 34.2 Å². The summed E-state index contributed by atoms with van der Waals surface area (Å²) in [6.45, 7) is 2.86. The first-order valence-electron chi connectivity index (χ1n) is 6.65. The topological polar surface area (TPSA) is 27.1 Å². The number of aromatic nitrogens is 2. The van der Waals surface area contributed by atoms with Gasteiger partial charge in [-0.15, -0.1) is 11.6 Å². The quantitative estimate of drug-likeness (QED) is 0.789. The molecule has 2 unspecified atom stereocenters. The number of rotatable bonds is 3. The van der Waals surface area contributed by atoms with Crippen molar-refractivity contribution in [1.29, 1.82) is 0 Å². The zero-order valence-corrected chi connectivity index (χ0v) is 12.6. The SMILES string of the molecule is CC(C1CCCO1)n1c(CCl)nc2cc(F)c(Cl)cc21. The van der Waals surface area contributed by atoms with E-state index in [0.29, 0.717) is 11.3 Å². The van der Waals surface area contributed by atoms with Crippen molar-refractivity contribution < 1.29 is 9.13 Å². The number of fused-ring (bicyclic) bond motifs is 1. The molecule has 2 heterocycles. The molecular formula is C14H15Cl2FN2O. The standard InChI is InChI=1S/C14H15Cl2FN2O/c1-8(13-3-2-4-20-13)19-12-5-9(16)10(17)6-11(12)18-14(19)7-15/h5-6,8,13H,2-4,7H2,1H3. The van der Waals surface area contributed by atoms with Crippen LogP contribution in [0.3, 0.4) is 0 Å². The second kappa shape index (κ2) is 5.51. The molecule has 2 atom stereocenters. The van der Waals surface area contributed by atoms with E-state index in [1.165, 1.54) is 6.07 Å². The second-order valence-electron chi connectivity index (χ2n) is 5.08. The van der Waals surface area contributed by atoms with E-state index in [0.717, 1.165) is 25.0 Å². The average Bonchev–Trinajstić information content (AvgIpc) is 3.06. The molecule has 0 aliphatic carbocycles. The van der Waals surface area contributed by atoms with Gasteiger partial charge in [0.05, 0.1) is 34.1 Å². The third-order valence-corrected chi connectivity index (χ3v) is 4.36. The summed E-state index contributed by atoms with van der Waals surface area (Å²) in [4.78, 5) is 4.40. The van der Waals surface area contributed by atoms with E-state index in [2.05, 4.69) is 11.9 Å². The van der Waals surface area contributed by atoms with Gasteiger partial charge in [-0.3, -0.25) is 0 Å². The van der Waals surface area contributed by atoms with E-state index >= 15 is 0 Å². The van der Waals surface area contributed by atoms with Crippen LogP contribution in [-0.2, 0) is 10.6 Å². The zero-order chi connectivity index (χ0) is 14.3. The fraction of sp³-hybridized carbons (Fsp3) is 0.500. The Morgan fingerprint density at radius 2 is 2.35 bits per heavy atom. The molecule has 0 spiro atoms. The van der Waals surface area contributed by atoms with Crippen LogP contribution in [-0.4, -0.2) is 22.3 Å². The summed E-state index contributed by atoms with van der Waals surface area (Å²) in [6.07, 6.45) is 2.21. The van der Waals surface area contributed by atoms with Gasteiger partial charge in [0.25, 0.3) is 0 Å². The first kappa shape index (κ1) is 14.1. The molecular weight excluding hydrogens is 302 g/mol. The minimum atomic E-state index is -0.463. The van der Waals surface area contributed by atoms with Crippen molar-refractivity contribution in [3.63, 3.8) is 0 Å². The Morgan fingerprint density at radius 3 is 3.00 bits per heavy atom. The third kappa shape index (κ3) is 2.30. The fourth-order valence-corrected chi connectivity index (χ4v) is 3.18. The fourth-order valence-electron chi connectivity index (χ4n) is 2.84. The summed E-state index contributed by atoms with van der Waals surface area (Å²) in [5.74, 6) is 0.520. The van der Waals surface area contributed by atoms with E-state index in [-0.39, 0.29) is 23.0 Å². The Kier molecular flexibility index (Phi) is 3.89. The van der Waals surface area contributed by atoms with Crippen LogP contribution in [0.5, 0.6) is 0 Å². The summed E-state index contributed by atoms with van der Waals surface area (Å²) in [7, 11) is 0. The molecule has 0 amide bonds. The van der Waals surface area contributed by atoms with Crippen molar-refractivity contribution in [2.24, 2.45) is 0 Å². The van der Waals surface area contributed by atoms with Crippen molar-refractivity contribution in [3.8, 4) is 0 Å². The summed E-state index contributed by atoms with van der Waals surface area (Å²) in [5.41, 5.74) is 1.38. The van der Waals surface area contributed by atoms with Gasteiger partial charge >= 0.3 is 0 Å². The molecule has 1 aliphatic rings. The highest BCUT2D eigenvalue weighted by atomic mass is 35.5. The number of hydrogen-bond donors (Lipinski definition) is 0. The van der Waals surface area contributed by atoms with Crippen molar-refractivity contribution in [2.45, 2.75) is 37.8 Å². The second-order valence-corrected chi connectivity index (χ2v) is 5.75. The lowest BCUT2D eigenvalue weighted by Gasteiger charge is -2.22. The molecule has 20 heavy (non-hydrogen) atoms. The molecule has 1 aromatic heterocycles. The number of nitrogens with zero attached hydrogens (tertiary/aromatic N) is 2. The highest BCUT2D eigenvalue weighted by Gasteiger charge is 2.27. The van der Waals surface area contributed by atoms with Crippen LogP contribution in [0.2, 0.25) is 5.02 Å². The van der Waals surface area contributed by atoms with Crippen LogP contribution in [0.4, 0.5) is 4.39 Å². The largest absolute Gasteiger partial charge is 0.376 e. The summed E-state index contributed by atoms with van der Waals surface area (Å²) in [6, 6.07) is 3.06. The normalized spacial score (nSPS) is 20.7. The molecule has 2 aromatic rings. The molecule has 3 rings (SSSR count). The zero-order valence-electron chi connectivity index (χ0n) is 11.1. The van der Waals surface area contributed by atoms with Crippen LogP contribution < -0.4 is 0 Å². The van der Waals surface area contributed by atoms with Gasteiger partial charge in [0, 0.05) is 12.7 Å². The Morgan fingerprint density at radius 1 is 1.55 bits per heavy atom. The number of hydrogen-bond acceptors (Lipinski definition) is 2. The Balaban J connectivity index is 2.13. The molecule has 1 fully saturated rings. The van der Waals surface area contributed by atoms with Gasteiger partial charge in [-0.2, -0.15) is 0 Å². The molecule has 0 saturated carbocycles. The van der Waals surface area contributed by atoms with Gasteiger partial charge in [0.1, 0.15) is 11.6 Å². The summed E-state index contributed by atoms with van der Waals surface area (Å²) < 4.78 is 21.3. The van der Waals surface area contributed by atoms with Crippen LogP contribution >= 0.6 is 23.2 Å². The van der Waals surface area contributed by atoms with Gasteiger partial charge in [-0.25, -0.2) is 9.37 Å². The Hall–Kier alpha value is -0.840. The maximum atomic E-state index is 13.6. The van der Waals surface area contributed by atoms with Crippen molar-refractivity contribution in [1.82, 2.24) is 9.55 Å². The molecule has 3 nitrogen and oxygen atoms in total. The lowest BCUT2D eigenvalue weighted by atomic mass is 10.1. The van der Waals surface area contributed by atoms with Crippen molar-refractivity contribution in [3.05, 3.63) is 28.8 Å². The van der Waals surface area contributed by atoms with E-state index < -0.39 is 5.82 Å². The molecule has 0 radical (unpaired) electrons. The first-order chi connectivity index (χ1) is 9.61. The molecule has 6 heteroatoms. The van der Waals surface area contributed by atoms with E-state index in [1.807, 2.05) is 4.57 Å². The Bertz CT molecular complexity index is 638.